The molecule has 7 nitrogen and oxygen atoms in total. The minimum atomic E-state index is -0.257. The van der Waals surface area contributed by atoms with Gasteiger partial charge in [-0.3, -0.25) is 9.69 Å². The Morgan fingerprint density at radius 1 is 1.30 bits per heavy atom. The lowest BCUT2D eigenvalue weighted by Gasteiger charge is -2.35. The molecule has 0 saturated carbocycles. The van der Waals surface area contributed by atoms with Gasteiger partial charge in [0, 0.05) is 24.6 Å². The molecule has 0 unspecified atom stereocenters. The van der Waals surface area contributed by atoms with Gasteiger partial charge in [-0.25, -0.2) is 0 Å². The molecule has 27 heavy (non-hydrogen) atoms. The molecular formula is C20H21NO6. The van der Waals surface area contributed by atoms with Crippen LogP contribution in [0.3, 0.4) is 0 Å². The van der Waals surface area contributed by atoms with E-state index in [1.54, 1.807) is 7.11 Å². The van der Waals surface area contributed by atoms with Crippen molar-refractivity contribution in [1.29, 1.82) is 0 Å². The Morgan fingerprint density at radius 3 is 2.89 bits per heavy atom. The number of ketones is 1. The highest BCUT2D eigenvalue weighted by molar-refractivity contribution is 5.99. The number of rotatable bonds is 4. The Bertz CT molecular complexity index is 910. The van der Waals surface area contributed by atoms with Crippen LogP contribution in [-0.4, -0.2) is 48.4 Å². The lowest BCUT2D eigenvalue weighted by Crippen LogP contribution is -2.34. The third kappa shape index (κ3) is 2.94. The number of fused-ring (bicyclic) bond motifs is 2. The van der Waals surface area contributed by atoms with E-state index in [0.717, 1.165) is 24.1 Å². The fourth-order valence-corrected chi connectivity index (χ4v) is 3.82. The molecule has 2 aromatic rings. The highest BCUT2D eigenvalue weighted by Gasteiger charge is 2.35. The largest absolute Gasteiger partial charge is 0.508 e. The van der Waals surface area contributed by atoms with Gasteiger partial charge in [0.15, 0.2) is 17.3 Å². The average molecular weight is 371 g/mol. The van der Waals surface area contributed by atoms with E-state index < -0.39 is 0 Å². The summed E-state index contributed by atoms with van der Waals surface area (Å²) in [5.41, 5.74) is 2.07. The zero-order chi connectivity index (χ0) is 19.1. The van der Waals surface area contributed by atoms with Crippen molar-refractivity contribution in [2.45, 2.75) is 18.9 Å². The van der Waals surface area contributed by atoms with Crippen molar-refractivity contribution in [3.05, 3.63) is 41.0 Å². The molecule has 4 rings (SSSR count). The van der Waals surface area contributed by atoms with Gasteiger partial charge >= 0.3 is 0 Å². The number of carbonyl (C=O) groups excluding carboxylic acids is 1. The Morgan fingerprint density at radius 2 is 2.11 bits per heavy atom. The van der Waals surface area contributed by atoms with E-state index in [1.165, 1.54) is 18.2 Å². The van der Waals surface area contributed by atoms with Crippen LogP contribution >= 0.6 is 0 Å². The van der Waals surface area contributed by atoms with Gasteiger partial charge in [0.05, 0.1) is 12.7 Å². The van der Waals surface area contributed by atoms with Crippen molar-refractivity contribution in [3.8, 4) is 28.7 Å². The number of methoxy groups -OCH3 is 1. The molecular weight excluding hydrogens is 350 g/mol. The molecule has 0 saturated heterocycles. The molecule has 0 fully saturated rings. The number of phenols is 2. The first-order valence-electron chi connectivity index (χ1n) is 8.74. The number of phenolic OH excluding ortho intramolecular Hbond substituents is 2. The maximum Gasteiger partial charge on any atom is 0.231 e. The van der Waals surface area contributed by atoms with Crippen molar-refractivity contribution < 1.29 is 29.2 Å². The summed E-state index contributed by atoms with van der Waals surface area (Å²) in [6.07, 6.45) is 0.942. The molecule has 2 N–H and O–H groups in total. The fraction of sp³-hybridized carbons (Fsp3) is 0.350. The third-order valence-electron chi connectivity index (χ3n) is 5.21. The summed E-state index contributed by atoms with van der Waals surface area (Å²) >= 11 is 0. The van der Waals surface area contributed by atoms with Gasteiger partial charge in [-0.2, -0.15) is 0 Å². The molecule has 0 bridgehead atoms. The van der Waals surface area contributed by atoms with Crippen LogP contribution in [0.5, 0.6) is 28.7 Å². The van der Waals surface area contributed by atoms with Crippen molar-refractivity contribution in [3.63, 3.8) is 0 Å². The second kappa shape index (κ2) is 6.66. The van der Waals surface area contributed by atoms with E-state index in [4.69, 9.17) is 14.2 Å². The topological polar surface area (TPSA) is 88.5 Å². The monoisotopic (exact) mass is 371 g/mol. The molecule has 1 atom stereocenters. The van der Waals surface area contributed by atoms with E-state index in [-0.39, 0.29) is 42.1 Å². The molecule has 2 aliphatic rings. The molecule has 0 amide bonds. The van der Waals surface area contributed by atoms with E-state index >= 15 is 0 Å². The lowest BCUT2D eigenvalue weighted by atomic mass is 9.87. The summed E-state index contributed by atoms with van der Waals surface area (Å²) in [5, 5.41) is 19.7. The third-order valence-corrected chi connectivity index (χ3v) is 5.21. The standard InChI is InChI=1S/C20H21NO6/c1-21-6-5-11-7-17-19(27-10-26-17)20(25-2)18(11)14(21)9-16(24)13-8-12(22)3-4-15(13)23/h3-4,7-8,14,22-23H,5-6,9-10H2,1-2H3/t14-/m1/s1. The lowest BCUT2D eigenvalue weighted by molar-refractivity contribution is 0.0922. The van der Waals surface area contributed by atoms with Gasteiger partial charge in [0.1, 0.15) is 11.5 Å². The normalized spacial score (nSPS) is 18.2. The maximum atomic E-state index is 12.9. The first kappa shape index (κ1) is 17.5. The molecule has 2 aliphatic heterocycles. The van der Waals surface area contributed by atoms with Crippen LogP contribution in [-0.2, 0) is 6.42 Å². The van der Waals surface area contributed by atoms with E-state index in [0.29, 0.717) is 17.2 Å². The number of benzene rings is 2. The number of aromatic hydroxyl groups is 2. The van der Waals surface area contributed by atoms with Crippen molar-refractivity contribution in [1.82, 2.24) is 4.90 Å². The number of nitrogens with zero attached hydrogens (tertiary/aromatic N) is 1. The summed E-state index contributed by atoms with van der Waals surface area (Å²) in [6, 6.07) is 5.67. The van der Waals surface area contributed by atoms with Crippen molar-refractivity contribution in [2.75, 3.05) is 27.5 Å². The highest BCUT2D eigenvalue weighted by Crippen LogP contribution is 2.50. The SMILES string of the molecule is COc1c2c(cc3c1[C@@H](CC(=O)c1cc(O)ccc1O)N(C)CC3)OCO2. The van der Waals surface area contributed by atoms with E-state index in [1.807, 2.05) is 13.1 Å². The van der Waals surface area contributed by atoms with Gasteiger partial charge in [0.2, 0.25) is 12.5 Å². The van der Waals surface area contributed by atoms with Crippen LogP contribution in [0.25, 0.3) is 0 Å². The molecule has 2 heterocycles. The molecule has 0 aliphatic carbocycles. The zero-order valence-electron chi connectivity index (χ0n) is 15.2. The Balaban J connectivity index is 1.74. The van der Waals surface area contributed by atoms with Crippen molar-refractivity contribution in [2.24, 2.45) is 0 Å². The minimum absolute atomic E-state index is 0.0607. The fourth-order valence-electron chi connectivity index (χ4n) is 3.82. The Kier molecular flexibility index (Phi) is 4.31. The van der Waals surface area contributed by atoms with Gasteiger partial charge in [0.25, 0.3) is 0 Å². The quantitative estimate of drug-likeness (QED) is 0.631. The molecule has 0 spiro atoms. The summed E-state index contributed by atoms with van der Waals surface area (Å²) in [7, 11) is 3.53. The number of Topliss-reactive ketones (excluding diaryl/α,β-unsaturated/α-hetero) is 1. The number of carbonyl (C=O) groups is 1. The smallest absolute Gasteiger partial charge is 0.231 e. The Hall–Kier alpha value is -2.93. The number of hydrogen-bond acceptors (Lipinski definition) is 7. The number of ether oxygens (including phenoxy) is 3. The van der Waals surface area contributed by atoms with Gasteiger partial charge in [-0.05, 0) is 43.3 Å². The first-order valence-corrected chi connectivity index (χ1v) is 8.74. The second-order valence-electron chi connectivity index (χ2n) is 6.79. The zero-order valence-corrected chi connectivity index (χ0v) is 15.2. The van der Waals surface area contributed by atoms with Crippen LogP contribution in [0.4, 0.5) is 0 Å². The Labute approximate surface area is 156 Å². The van der Waals surface area contributed by atoms with Crippen LogP contribution < -0.4 is 14.2 Å². The van der Waals surface area contributed by atoms with Crippen LogP contribution in [0.2, 0.25) is 0 Å². The summed E-state index contributed by atoms with van der Waals surface area (Å²) in [5.74, 6) is 1.34. The average Bonchev–Trinajstić information content (AvgIpc) is 3.12. The number of likely N-dealkylation sites (N-methyl/N-ethyl adjacent to an activating group) is 1. The highest BCUT2D eigenvalue weighted by atomic mass is 16.7. The van der Waals surface area contributed by atoms with Crippen molar-refractivity contribution >= 4 is 5.78 Å². The molecule has 0 aromatic heterocycles. The second-order valence-corrected chi connectivity index (χ2v) is 6.79. The molecule has 2 aromatic carbocycles. The maximum absolute atomic E-state index is 12.9. The molecule has 142 valence electrons. The predicted octanol–water partition coefficient (Wildman–Crippen LogP) is 2.64. The predicted molar refractivity (Wildman–Crippen MR) is 96.9 cm³/mol. The molecule has 0 radical (unpaired) electrons. The molecule has 7 heteroatoms. The first-order chi connectivity index (χ1) is 13.0. The van der Waals surface area contributed by atoms with E-state index in [9.17, 15) is 15.0 Å². The van der Waals surface area contributed by atoms with Gasteiger partial charge in [-0.15, -0.1) is 0 Å². The summed E-state index contributed by atoms with van der Waals surface area (Å²) < 4.78 is 16.7. The van der Waals surface area contributed by atoms with Crippen LogP contribution in [0.1, 0.15) is 33.9 Å². The van der Waals surface area contributed by atoms with Gasteiger partial charge < -0.3 is 24.4 Å². The van der Waals surface area contributed by atoms with E-state index in [2.05, 4.69) is 4.90 Å². The summed E-state index contributed by atoms with van der Waals surface area (Å²) in [6.45, 7) is 0.922. The summed E-state index contributed by atoms with van der Waals surface area (Å²) in [4.78, 5) is 15.0. The van der Waals surface area contributed by atoms with Crippen LogP contribution in [0.15, 0.2) is 24.3 Å². The minimum Gasteiger partial charge on any atom is -0.508 e. The van der Waals surface area contributed by atoms with Gasteiger partial charge in [-0.1, -0.05) is 0 Å². The van der Waals surface area contributed by atoms with Crippen LogP contribution in [0, 0.1) is 0 Å². The number of hydrogen-bond donors (Lipinski definition) is 2.